The molecule has 188 valence electrons. The Bertz CT molecular complexity index is 928. The van der Waals surface area contributed by atoms with E-state index in [4.69, 9.17) is 4.74 Å². The number of aromatic nitrogens is 1. The van der Waals surface area contributed by atoms with Crippen LogP contribution in [0.3, 0.4) is 0 Å². The van der Waals surface area contributed by atoms with Crippen molar-refractivity contribution in [3.8, 4) is 0 Å². The number of pyridine rings is 1. The summed E-state index contributed by atoms with van der Waals surface area (Å²) in [6, 6.07) is 1.49. The molecule has 0 radical (unpaired) electrons. The zero-order valence-corrected chi connectivity index (χ0v) is 19.7. The van der Waals surface area contributed by atoms with Crippen LogP contribution in [-0.2, 0) is 28.7 Å². The van der Waals surface area contributed by atoms with E-state index in [1.54, 1.807) is 12.0 Å². The van der Waals surface area contributed by atoms with E-state index >= 15 is 0 Å². The Morgan fingerprint density at radius 2 is 1.94 bits per heavy atom. The van der Waals surface area contributed by atoms with Crippen LogP contribution in [0.1, 0.15) is 61.8 Å². The molecule has 5 rings (SSSR count). The van der Waals surface area contributed by atoms with Crippen LogP contribution in [0.25, 0.3) is 0 Å². The van der Waals surface area contributed by atoms with Gasteiger partial charge < -0.3 is 14.7 Å². The number of carbonyl (C=O) groups is 1. The largest absolute Gasteiger partial charge is 0.417 e. The van der Waals surface area contributed by atoms with Gasteiger partial charge in [0.05, 0.1) is 23.2 Å². The zero-order valence-electron chi connectivity index (χ0n) is 19.7. The summed E-state index contributed by atoms with van der Waals surface area (Å²) in [6.45, 7) is 2.29. The fourth-order valence-electron chi connectivity index (χ4n) is 6.43. The molecule has 6 nitrogen and oxygen atoms in total. The average molecular weight is 482 g/mol. The zero-order chi connectivity index (χ0) is 24.1. The van der Waals surface area contributed by atoms with E-state index < -0.39 is 22.8 Å². The maximum absolute atomic E-state index is 13.8. The molecule has 1 aromatic rings. The number of likely N-dealkylation sites (tertiary alicyclic amines) is 1. The van der Waals surface area contributed by atoms with E-state index in [-0.39, 0.29) is 12.5 Å². The summed E-state index contributed by atoms with van der Waals surface area (Å²) >= 11 is 0. The Morgan fingerprint density at radius 1 is 1.21 bits per heavy atom. The van der Waals surface area contributed by atoms with Gasteiger partial charge in [0.25, 0.3) is 0 Å². The van der Waals surface area contributed by atoms with E-state index in [9.17, 15) is 23.1 Å². The van der Waals surface area contributed by atoms with Gasteiger partial charge in [-0.1, -0.05) is 0 Å². The van der Waals surface area contributed by atoms with Crippen LogP contribution in [-0.4, -0.2) is 70.8 Å². The molecule has 1 aromatic heterocycles. The number of halogens is 3. The minimum atomic E-state index is -4.46. The van der Waals surface area contributed by atoms with Gasteiger partial charge in [0, 0.05) is 51.1 Å². The first-order valence-electron chi connectivity index (χ1n) is 12.4. The summed E-state index contributed by atoms with van der Waals surface area (Å²) in [4.78, 5) is 21.9. The first-order valence-corrected chi connectivity index (χ1v) is 12.4. The standard InChI is InChI=1S/C25H34F3N3O3/c1-34-16-23(9-11-31(15-23)20-4-7-24(33,8-5-20)18-2-3-18)22(32)30-10-6-21-17(14-30)12-19(13-29-21)25(26,27)28/h12-13,18,20,33H,2-11,14-16H2,1H3. The van der Waals surface area contributed by atoms with Gasteiger partial charge in [0.2, 0.25) is 5.91 Å². The number of rotatable bonds is 5. The quantitative estimate of drug-likeness (QED) is 0.698. The predicted molar refractivity (Wildman–Crippen MR) is 119 cm³/mol. The van der Waals surface area contributed by atoms with Crippen molar-refractivity contribution in [2.45, 2.75) is 75.7 Å². The number of alkyl halides is 3. The van der Waals surface area contributed by atoms with Crippen LogP contribution in [0.15, 0.2) is 12.3 Å². The fraction of sp³-hybridized carbons (Fsp3) is 0.760. The number of amides is 1. The molecular weight excluding hydrogens is 447 g/mol. The molecule has 1 saturated heterocycles. The Balaban J connectivity index is 1.27. The first kappa shape index (κ1) is 24.0. The van der Waals surface area contributed by atoms with E-state index in [1.165, 1.54) is 0 Å². The number of aliphatic hydroxyl groups is 1. The summed E-state index contributed by atoms with van der Waals surface area (Å²) in [5, 5.41) is 10.9. The van der Waals surface area contributed by atoms with E-state index in [0.29, 0.717) is 55.8 Å². The molecule has 34 heavy (non-hydrogen) atoms. The van der Waals surface area contributed by atoms with Crippen LogP contribution in [0.4, 0.5) is 13.2 Å². The highest BCUT2D eigenvalue weighted by molar-refractivity contribution is 5.84. The first-order chi connectivity index (χ1) is 16.1. The van der Waals surface area contributed by atoms with E-state index in [1.807, 2.05) is 0 Å². The average Bonchev–Trinajstić information content (AvgIpc) is 3.60. The van der Waals surface area contributed by atoms with Crippen molar-refractivity contribution in [1.29, 1.82) is 0 Å². The lowest BCUT2D eigenvalue weighted by atomic mass is 9.78. The number of hydrogen-bond donors (Lipinski definition) is 1. The van der Waals surface area contributed by atoms with Crippen LogP contribution in [0, 0.1) is 11.3 Å². The minimum Gasteiger partial charge on any atom is -0.390 e. The topological polar surface area (TPSA) is 65.9 Å². The molecule has 2 aliphatic carbocycles. The number of methoxy groups -OCH3 is 1. The maximum Gasteiger partial charge on any atom is 0.417 e. The highest BCUT2D eigenvalue weighted by Gasteiger charge is 2.51. The third-order valence-electron chi connectivity index (χ3n) is 8.59. The van der Waals surface area contributed by atoms with Crippen LogP contribution in [0.5, 0.6) is 0 Å². The number of nitrogens with zero attached hydrogens (tertiary/aromatic N) is 3. The minimum absolute atomic E-state index is 0.0368. The van der Waals surface area contributed by atoms with Gasteiger partial charge in [-0.05, 0) is 69.0 Å². The summed E-state index contributed by atoms with van der Waals surface area (Å²) < 4.78 is 45.0. The molecule has 1 N–H and O–H groups in total. The maximum atomic E-state index is 13.8. The molecular formula is C25H34F3N3O3. The summed E-state index contributed by atoms with van der Waals surface area (Å²) in [5.74, 6) is 0.431. The lowest BCUT2D eigenvalue weighted by Crippen LogP contribution is -2.51. The van der Waals surface area contributed by atoms with Gasteiger partial charge in [-0.2, -0.15) is 13.2 Å². The van der Waals surface area contributed by atoms with Crippen molar-refractivity contribution in [1.82, 2.24) is 14.8 Å². The molecule has 2 aliphatic heterocycles. The molecule has 4 aliphatic rings. The molecule has 0 bridgehead atoms. The second-order valence-corrected chi connectivity index (χ2v) is 10.8. The van der Waals surface area contributed by atoms with Gasteiger partial charge in [0.1, 0.15) is 0 Å². The Hall–Kier alpha value is -1.71. The summed E-state index contributed by atoms with van der Waals surface area (Å²) in [5.41, 5.74) is -0.853. The third-order valence-corrected chi connectivity index (χ3v) is 8.59. The SMILES string of the molecule is COCC1(C(=O)N2CCc3ncc(C(F)(F)F)cc3C2)CCN(C2CCC(O)(C3CC3)CC2)C1. The highest BCUT2D eigenvalue weighted by atomic mass is 19.4. The fourth-order valence-corrected chi connectivity index (χ4v) is 6.43. The number of carbonyl (C=O) groups excluding carboxylic acids is 1. The molecule has 0 spiro atoms. The molecule has 1 atom stereocenters. The van der Waals surface area contributed by atoms with Crippen molar-refractivity contribution in [3.05, 3.63) is 29.1 Å². The second-order valence-electron chi connectivity index (χ2n) is 10.8. The van der Waals surface area contributed by atoms with Gasteiger partial charge >= 0.3 is 6.18 Å². The number of hydrogen-bond acceptors (Lipinski definition) is 5. The van der Waals surface area contributed by atoms with Crippen LogP contribution < -0.4 is 0 Å². The van der Waals surface area contributed by atoms with E-state index in [0.717, 1.165) is 57.3 Å². The molecule has 1 unspecified atom stereocenters. The highest BCUT2D eigenvalue weighted by Crippen LogP contribution is 2.48. The Kier molecular flexibility index (Phi) is 6.18. The van der Waals surface area contributed by atoms with Gasteiger partial charge in [-0.3, -0.25) is 14.7 Å². The van der Waals surface area contributed by atoms with Crippen molar-refractivity contribution in [3.63, 3.8) is 0 Å². The molecule has 3 heterocycles. The van der Waals surface area contributed by atoms with E-state index in [2.05, 4.69) is 9.88 Å². The van der Waals surface area contributed by atoms with Crippen LogP contribution >= 0.6 is 0 Å². The van der Waals surface area contributed by atoms with Crippen molar-refractivity contribution >= 4 is 5.91 Å². The van der Waals surface area contributed by atoms with Crippen molar-refractivity contribution in [2.75, 3.05) is 33.4 Å². The van der Waals surface area contributed by atoms with Gasteiger partial charge in [-0.15, -0.1) is 0 Å². The third kappa shape index (κ3) is 4.46. The lowest BCUT2D eigenvalue weighted by molar-refractivity contribution is -0.146. The van der Waals surface area contributed by atoms with Crippen LogP contribution in [0.2, 0.25) is 0 Å². The lowest BCUT2D eigenvalue weighted by Gasteiger charge is -2.41. The Morgan fingerprint density at radius 3 is 2.59 bits per heavy atom. The van der Waals surface area contributed by atoms with Crippen molar-refractivity contribution < 1.29 is 27.8 Å². The molecule has 3 fully saturated rings. The normalized spacial score (nSPS) is 32.6. The molecule has 9 heteroatoms. The Labute approximate surface area is 198 Å². The van der Waals surface area contributed by atoms with Gasteiger partial charge in [-0.25, -0.2) is 0 Å². The molecule has 1 amide bonds. The smallest absolute Gasteiger partial charge is 0.390 e. The number of ether oxygens (including phenoxy) is 1. The summed E-state index contributed by atoms with van der Waals surface area (Å²) in [6.07, 6.45) is 3.34. The van der Waals surface area contributed by atoms with Crippen molar-refractivity contribution in [2.24, 2.45) is 11.3 Å². The monoisotopic (exact) mass is 481 g/mol. The predicted octanol–water partition coefficient (Wildman–Crippen LogP) is 3.41. The molecule has 0 aromatic carbocycles. The summed E-state index contributed by atoms with van der Waals surface area (Å²) in [7, 11) is 1.60. The van der Waals surface area contributed by atoms with Gasteiger partial charge in [0.15, 0.2) is 0 Å². The second kappa shape index (κ2) is 8.75. The number of fused-ring (bicyclic) bond motifs is 1. The molecule has 2 saturated carbocycles.